The van der Waals surface area contributed by atoms with Gasteiger partial charge >= 0.3 is 5.97 Å². The van der Waals surface area contributed by atoms with Gasteiger partial charge in [0.2, 0.25) is 0 Å². The van der Waals surface area contributed by atoms with Gasteiger partial charge in [-0.25, -0.2) is 4.79 Å². The van der Waals surface area contributed by atoms with Gasteiger partial charge in [-0.2, -0.15) is 0 Å². The Morgan fingerprint density at radius 3 is 2.50 bits per heavy atom. The van der Waals surface area contributed by atoms with Crippen LogP contribution in [0, 0.1) is 20.9 Å². The van der Waals surface area contributed by atoms with E-state index in [-0.39, 0.29) is 40.6 Å². The second kappa shape index (κ2) is 6.37. The van der Waals surface area contributed by atoms with E-state index < -0.39 is 10.9 Å². The van der Waals surface area contributed by atoms with Crippen molar-refractivity contribution in [3.8, 4) is 0 Å². The first kappa shape index (κ1) is 18.4. The molecule has 7 nitrogen and oxygen atoms in total. The molecule has 140 valence electrons. The Bertz CT molecular complexity index is 743. The van der Waals surface area contributed by atoms with Crippen LogP contribution in [0.1, 0.15) is 50.4 Å². The first-order chi connectivity index (χ1) is 12.1. The highest BCUT2D eigenvalue weighted by molar-refractivity contribution is 5.91. The number of non-ortho nitro benzene ring substituents is 1. The molecule has 7 heteroatoms. The fourth-order valence-corrected chi connectivity index (χ4v) is 4.76. The Morgan fingerprint density at radius 2 is 1.88 bits per heavy atom. The second-order valence-electron chi connectivity index (χ2n) is 8.62. The molecule has 2 atom stereocenters. The van der Waals surface area contributed by atoms with Crippen molar-refractivity contribution < 1.29 is 19.2 Å². The zero-order valence-electron chi connectivity index (χ0n) is 15.4. The molecule has 0 N–H and O–H groups in total. The molecule has 1 saturated heterocycles. The van der Waals surface area contributed by atoms with Crippen molar-refractivity contribution >= 4 is 17.6 Å². The second-order valence-corrected chi connectivity index (χ2v) is 8.62. The third kappa shape index (κ3) is 3.71. The lowest BCUT2D eigenvalue weighted by Crippen LogP contribution is -2.39. The minimum absolute atomic E-state index is 0.0992. The first-order valence-corrected chi connectivity index (χ1v) is 8.80. The van der Waals surface area contributed by atoms with E-state index in [4.69, 9.17) is 4.74 Å². The number of nitrogens with zero attached hydrogens (tertiary/aromatic N) is 2. The van der Waals surface area contributed by atoms with Gasteiger partial charge in [0.1, 0.15) is 0 Å². The normalized spacial score (nSPS) is 26.4. The number of ether oxygens (including phenoxy) is 1. The van der Waals surface area contributed by atoms with Crippen LogP contribution in [0.25, 0.3) is 0 Å². The Hall–Kier alpha value is -2.44. The Balaban J connectivity index is 1.59. The summed E-state index contributed by atoms with van der Waals surface area (Å²) >= 11 is 0. The van der Waals surface area contributed by atoms with E-state index in [1.54, 1.807) is 0 Å². The van der Waals surface area contributed by atoms with Crippen molar-refractivity contribution in [1.82, 2.24) is 4.90 Å². The highest BCUT2D eigenvalue weighted by atomic mass is 16.6. The number of fused-ring (bicyclic) bond motifs is 2. The SMILES string of the molecule is CC1(C)C[C@@H]2C[C@](C)(CN2C(=O)COC(=O)c2ccc([N+](=O)[O-])cc2)C1. The Labute approximate surface area is 152 Å². The lowest BCUT2D eigenvalue weighted by molar-refractivity contribution is -0.384. The number of esters is 1. The monoisotopic (exact) mass is 360 g/mol. The number of rotatable bonds is 4. The lowest BCUT2D eigenvalue weighted by atomic mass is 9.65. The lowest BCUT2D eigenvalue weighted by Gasteiger charge is -2.39. The van der Waals surface area contributed by atoms with Crippen LogP contribution in [0.5, 0.6) is 0 Å². The summed E-state index contributed by atoms with van der Waals surface area (Å²) in [6, 6.07) is 5.35. The summed E-state index contributed by atoms with van der Waals surface area (Å²) in [5.74, 6) is -0.825. The molecule has 0 radical (unpaired) electrons. The molecule has 1 saturated carbocycles. The van der Waals surface area contributed by atoms with Crippen LogP contribution < -0.4 is 0 Å². The van der Waals surface area contributed by atoms with Crippen LogP contribution in [0.2, 0.25) is 0 Å². The fourth-order valence-electron chi connectivity index (χ4n) is 4.76. The van der Waals surface area contributed by atoms with Crippen LogP contribution in [0.4, 0.5) is 5.69 Å². The fraction of sp³-hybridized carbons (Fsp3) is 0.579. The molecule has 1 heterocycles. The van der Waals surface area contributed by atoms with Crippen molar-refractivity contribution in [2.75, 3.05) is 13.2 Å². The number of nitro benzene ring substituents is 1. The number of benzene rings is 1. The highest BCUT2D eigenvalue weighted by Crippen LogP contribution is 2.52. The topological polar surface area (TPSA) is 89.8 Å². The third-order valence-corrected chi connectivity index (χ3v) is 5.38. The summed E-state index contributed by atoms with van der Waals surface area (Å²) in [5.41, 5.74) is 0.432. The first-order valence-electron chi connectivity index (χ1n) is 8.80. The Morgan fingerprint density at radius 1 is 1.23 bits per heavy atom. The van der Waals surface area contributed by atoms with Crippen molar-refractivity contribution in [2.45, 2.75) is 46.1 Å². The van der Waals surface area contributed by atoms with Crippen molar-refractivity contribution in [1.29, 1.82) is 0 Å². The molecule has 0 unspecified atom stereocenters. The minimum Gasteiger partial charge on any atom is -0.452 e. The van der Waals surface area contributed by atoms with Gasteiger partial charge in [0.05, 0.1) is 10.5 Å². The number of carbonyl (C=O) groups is 2. The molecular weight excluding hydrogens is 336 g/mol. The van der Waals surface area contributed by atoms with Crippen molar-refractivity contribution in [3.05, 3.63) is 39.9 Å². The van der Waals surface area contributed by atoms with Gasteiger partial charge in [-0.15, -0.1) is 0 Å². The number of likely N-dealkylation sites (tertiary alicyclic amines) is 1. The van der Waals surface area contributed by atoms with E-state index in [0.717, 1.165) is 19.3 Å². The van der Waals surface area contributed by atoms with Gasteiger partial charge in [-0.1, -0.05) is 20.8 Å². The number of carbonyl (C=O) groups excluding carboxylic acids is 2. The van der Waals surface area contributed by atoms with E-state index in [0.29, 0.717) is 6.54 Å². The molecular formula is C19H24N2O5. The van der Waals surface area contributed by atoms with Crippen LogP contribution in [-0.2, 0) is 9.53 Å². The van der Waals surface area contributed by atoms with Gasteiger partial charge in [0.15, 0.2) is 6.61 Å². The van der Waals surface area contributed by atoms with Crippen LogP contribution in [-0.4, -0.2) is 40.9 Å². The quantitative estimate of drug-likeness (QED) is 0.467. The van der Waals surface area contributed by atoms with E-state index in [2.05, 4.69) is 20.8 Å². The van der Waals surface area contributed by atoms with Crippen LogP contribution in [0.3, 0.4) is 0 Å². The molecule has 1 aliphatic carbocycles. The van der Waals surface area contributed by atoms with Gasteiger partial charge < -0.3 is 9.64 Å². The molecule has 1 aliphatic heterocycles. The van der Waals surface area contributed by atoms with E-state index in [9.17, 15) is 19.7 Å². The summed E-state index contributed by atoms with van der Waals surface area (Å²) in [6.07, 6.45) is 3.05. The minimum atomic E-state index is -0.651. The molecule has 0 spiro atoms. The summed E-state index contributed by atoms with van der Waals surface area (Å²) in [5, 5.41) is 10.6. The molecule has 2 aliphatic rings. The average Bonchev–Trinajstić information content (AvgIpc) is 2.81. The van der Waals surface area contributed by atoms with Gasteiger partial charge in [0.25, 0.3) is 11.6 Å². The predicted octanol–water partition coefficient (Wildman–Crippen LogP) is 3.18. The molecule has 1 aromatic rings. The van der Waals surface area contributed by atoms with E-state index >= 15 is 0 Å². The van der Waals surface area contributed by atoms with Gasteiger partial charge in [-0.3, -0.25) is 14.9 Å². The summed E-state index contributed by atoms with van der Waals surface area (Å²) < 4.78 is 5.14. The highest BCUT2D eigenvalue weighted by Gasteiger charge is 2.50. The molecule has 0 aromatic heterocycles. The van der Waals surface area contributed by atoms with Crippen molar-refractivity contribution in [2.24, 2.45) is 10.8 Å². The number of amides is 1. The van der Waals surface area contributed by atoms with Gasteiger partial charge in [0, 0.05) is 24.7 Å². The smallest absolute Gasteiger partial charge is 0.338 e. The molecule has 2 bridgehead atoms. The molecule has 1 amide bonds. The number of nitro groups is 1. The maximum atomic E-state index is 12.6. The van der Waals surface area contributed by atoms with E-state index in [1.807, 2.05) is 4.90 Å². The van der Waals surface area contributed by atoms with Gasteiger partial charge in [-0.05, 0) is 42.2 Å². The predicted molar refractivity (Wildman–Crippen MR) is 94.6 cm³/mol. The summed E-state index contributed by atoms with van der Waals surface area (Å²) in [4.78, 5) is 36.6. The largest absolute Gasteiger partial charge is 0.452 e. The molecule has 3 rings (SSSR count). The molecule has 2 fully saturated rings. The standard InChI is InChI=1S/C19H24N2O5/c1-18(2)8-15-9-19(3,11-18)12-20(15)16(22)10-26-17(23)13-4-6-14(7-5-13)21(24)25/h4-7,15H,8-12H2,1-3H3/t15-,19+/m1/s1. The zero-order chi connectivity index (χ0) is 19.1. The maximum Gasteiger partial charge on any atom is 0.338 e. The van der Waals surface area contributed by atoms with E-state index in [1.165, 1.54) is 24.3 Å². The molecule has 1 aromatic carbocycles. The maximum absolute atomic E-state index is 12.6. The van der Waals surface area contributed by atoms with Crippen LogP contribution in [0.15, 0.2) is 24.3 Å². The number of hydrogen-bond acceptors (Lipinski definition) is 5. The zero-order valence-corrected chi connectivity index (χ0v) is 15.4. The Kier molecular flexibility index (Phi) is 4.50. The third-order valence-electron chi connectivity index (χ3n) is 5.38. The average molecular weight is 360 g/mol. The summed E-state index contributed by atoms with van der Waals surface area (Å²) in [6.45, 7) is 7.09. The molecule has 26 heavy (non-hydrogen) atoms. The number of hydrogen-bond donors (Lipinski definition) is 0. The van der Waals surface area contributed by atoms with Crippen molar-refractivity contribution in [3.63, 3.8) is 0 Å². The summed E-state index contributed by atoms with van der Waals surface area (Å²) in [7, 11) is 0. The van der Waals surface area contributed by atoms with Crippen LogP contribution >= 0.6 is 0 Å².